The predicted octanol–water partition coefficient (Wildman–Crippen LogP) is 3.17. The molecule has 0 N–H and O–H groups in total. The molecule has 1 fully saturated rings. The Balaban J connectivity index is 2.07. The van der Waals surface area contributed by atoms with Gasteiger partial charge in [-0.3, -0.25) is 4.79 Å². The zero-order valence-corrected chi connectivity index (χ0v) is 14.7. The fraction of sp³-hybridized carbons (Fsp3) is 0.474. The molecular weight excluding hydrogens is 304 g/mol. The Morgan fingerprint density at radius 2 is 2.04 bits per heavy atom. The number of likely N-dealkylation sites (tertiary alicyclic amines) is 1. The number of carbonyl (C=O) groups excluding carboxylic acids is 2. The van der Waals surface area contributed by atoms with Crippen molar-refractivity contribution >= 4 is 22.8 Å². The molecular formula is C19H24N2O3. The molecule has 2 unspecified atom stereocenters. The van der Waals surface area contributed by atoms with Crippen LogP contribution in [0.25, 0.3) is 10.9 Å². The largest absolute Gasteiger partial charge is 0.465 e. The van der Waals surface area contributed by atoms with E-state index in [4.69, 9.17) is 4.74 Å². The van der Waals surface area contributed by atoms with Crippen molar-refractivity contribution in [3.05, 3.63) is 35.5 Å². The lowest BCUT2D eigenvalue weighted by molar-refractivity contribution is -0.134. The smallest absolute Gasteiger partial charge is 0.340 e. The molecule has 0 spiro atoms. The normalized spacial score (nSPS) is 19.6. The molecule has 0 saturated carbocycles. The third kappa shape index (κ3) is 2.58. The van der Waals surface area contributed by atoms with E-state index in [9.17, 15) is 9.59 Å². The molecule has 0 bridgehead atoms. The van der Waals surface area contributed by atoms with E-state index >= 15 is 0 Å². The molecule has 2 heterocycles. The molecule has 3 rings (SSSR count). The van der Waals surface area contributed by atoms with E-state index in [1.807, 2.05) is 38.2 Å². The van der Waals surface area contributed by atoms with Gasteiger partial charge in [-0.2, -0.15) is 0 Å². The van der Waals surface area contributed by atoms with Gasteiger partial charge in [0.05, 0.1) is 12.7 Å². The van der Waals surface area contributed by atoms with Crippen molar-refractivity contribution in [2.24, 2.45) is 5.92 Å². The van der Waals surface area contributed by atoms with Crippen LogP contribution in [0.2, 0.25) is 0 Å². The maximum atomic E-state index is 12.3. The summed E-state index contributed by atoms with van der Waals surface area (Å²) < 4.78 is 7.18. The van der Waals surface area contributed by atoms with Crippen LogP contribution >= 0.6 is 0 Å². The molecule has 1 aromatic heterocycles. The van der Waals surface area contributed by atoms with Crippen LogP contribution in [0.1, 0.15) is 41.9 Å². The molecule has 0 radical (unpaired) electrons. The summed E-state index contributed by atoms with van der Waals surface area (Å²) in [7, 11) is 3.27. The number of rotatable bonds is 3. The third-order valence-corrected chi connectivity index (χ3v) is 5.33. The number of amides is 1. The number of hydrogen-bond donors (Lipinski definition) is 0. The lowest BCUT2D eigenvalue weighted by atomic mass is 9.89. The Bertz CT molecular complexity index is 793. The molecule has 5 nitrogen and oxygen atoms in total. The topological polar surface area (TPSA) is 51.5 Å². The van der Waals surface area contributed by atoms with E-state index in [-0.39, 0.29) is 23.8 Å². The number of esters is 1. The zero-order valence-electron chi connectivity index (χ0n) is 14.7. The SMILES string of the molecule is COC(=O)c1c(C)n(C(C)C2CCN(C)C(=O)C2)c2ccccc12. The zero-order chi connectivity index (χ0) is 17.4. The minimum Gasteiger partial charge on any atom is -0.465 e. The standard InChI is InChI=1S/C19H24N2O3/c1-12(14-9-10-20(3)17(22)11-14)21-13(2)18(19(23)24-4)15-7-5-6-8-16(15)21/h5-8,12,14H,9-11H2,1-4H3. The van der Waals surface area contributed by atoms with Crippen molar-refractivity contribution in [2.45, 2.75) is 32.7 Å². The van der Waals surface area contributed by atoms with Gasteiger partial charge in [0.2, 0.25) is 5.91 Å². The highest BCUT2D eigenvalue weighted by molar-refractivity contribution is 6.06. The summed E-state index contributed by atoms with van der Waals surface area (Å²) in [6.07, 6.45) is 1.53. The second kappa shape index (κ2) is 6.30. The number of aromatic nitrogens is 1. The lowest BCUT2D eigenvalue weighted by Gasteiger charge is -2.34. The molecule has 1 saturated heterocycles. The van der Waals surface area contributed by atoms with Gasteiger partial charge in [-0.15, -0.1) is 0 Å². The Hall–Kier alpha value is -2.30. The van der Waals surface area contributed by atoms with Gasteiger partial charge in [0, 0.05) is 42.7 Å². The van der Waals surface area contributed by atoms with Gasteiger partial charge in [0.25, 0.3) is 0 Å². The second-order valence-corrected chi connectivity index (χ2v) is 6.65. The number of fused-ring (bicyclic) bond motifs is 1. The van der Waals surface area contributed by atoms with E-state index < -0.39 is 0 Å². The van der Waals surface area contributed by atoms with Gasteiger partial charge in [0.15, 0.2) is 0 Å². The van der Waals surface area contributed by atoms with Crippen LogP contribution in [0.5, 0.6) is 0 Å². The number of benzene rings is 1. The second-order valence-electron chi connectivity index (χ2n) is 6.65. The number of piperidine rings is 1. The quantitative estimate of drug-likeness (QED) is 0.813. The van der Waals surface area contributed by atoms with Crippen LogP contribution in [0.4, 0.5) is 0 Å². The number of nitrogens with zero attached hydrogens (tertiary/aromatic N) is 2. The lowest BCUT2D eigenvalue weighted by Crippen LogP contribution is -2.38. The number of ether oxygens (including phenoxy) is 1. The average molecular weight is 328 g/mol. The predicted molar refractivity (Wildman–Crippen MR) is 93.1 cm³/mol. The van der Waals surface area contributed by atoms with Gasteiger partial charge in [-0.05, 0) is 32.3 Å². The fourth-order valence-electron chi connectivity index (χ4n) is 3.86. The van der Waals surface area contributed by atoms with Gasteiger partial charge in [-0.25, -0.2) is 4.79 Å². The number of carbonyl (C=O) groups is 2. The van der Waals surface area contributed by atoms with E-state index in [1.54, 1.807) is 4.90 Å². The minimum absolute atomic E-state index is 0.144. The van der Waals surface area contributed by atoms with Crippen molar-refractivity contribution in [2.75, 3.05) is 20.7 Å². The van der Waals surface area contributed by atoms with Crippen molar-refractivity contribution in [3.63, 3.8) is 0 Å². The molecule has 2 aromatic rings. The van der Waals surface area contributed by atoms with E-state index in [0.717, 1.165) is 29.6 Å². The first kappa shape index (κ1) is 16.6. The highest BCUT2D eigenvalue weighted by Gasteiger charge is 2.31. The number of hydrogen-bond acceptors (Lipinski definition) is 3. The number of methoxy groups -OCH3 is 1. The number of para-hydroxylation sites is 1. The highest BCUT2D eigenvalue weighted by Crippen LogP contribution is 2.35. The molecule has 24 heavy (non-hydrogen) atoms. The average Bonchev–Trinajstić information content (AvgIpc) is 2.88. The molecule has 0 aliphatic carbocycles. The molecule has 1 aliphatic rings. The monoisotopic (exact) mass is 328 g/mol. The summed E-state index contributed by atoms with van der Waals surface area (Å²) in [6.45, 7) is 4.89. The minimum atomic E-state index is -0.311. The van der Waals surface area contributed by atoms with Crippen LogP contribution in [0.15, 0.2) is 24.3 Å². The molecule has 5 heteroatoms. The van der Waals surface area contributed by atoms with Crippen LogP contribution in [-0.2, 0) is 9.53 Å². The van der Waals surface area contributed by atoms with Crippen LogP contribution in [-0.4, -0.2) is 42.0 Å². The maximum Gasteiger partial charge on any atom is 0.340 e. The van der Waals surface area contributed by atoms with Crippen LogP contribution < -0.4 is 0 Å². The van der Waals surface area contributed by atoms with Crippen LogP contribution in [0, 0.1) is 12.8 Å². The first-order valence-corrected chi connectivity index (χ1v) is 8.37. The third-order valence-electron chi connectivity index (χ3n) is 5.33. The summed E-state index contributed by atoms with van der Waals surface area (Å²) in [5.41, 5.74) is 2.55. The maximum absolute atomic E-state index is 12.3. The molecule has 1 aromatic carbocycles. The van der Waals surface area contributed by atoms with Gasteiger partial charge in [-0.1, -0.05) is 18.2 Å². The summed E-state index contributed by atoms with van der Waals surface area (Å²) in [5, 5.41) is 0.910. The first-order valence-electron chi connectivity index (χ1n) is 8.37. The highest BCUT2D eigenvalue weighted by atomic mass is 16.5. The summed E-state index contributed by atoms with van der Waals surface area (Å²) in [6, 6.07) is 8.04. The van der Waals surface area contributed by atoms with Crippen molar-refractivity contribution in [1.29, 1.82) is 0 Å². The Labute approximate surface area is 142 Å². The van der Waals surface area contributed by atoms with E-state index in [1.165, 1.54) is 7.11 Å². The first-order chi connectivity index (χ1) is 11.5. The van der Waals surface area contributed by atoms with Crippen molar-refractivity contribution in [3.8, 4) is 0 Å². The Kier molecular flexibility index (Phi) is 4.35. The molecule has 2 atom stereocenters. The summed E-state index contributed by atoms with van der Waals surface area (Å²) in [5.74, 6) is 0.156. The Morgan fingerprint density at radius 1 is 1.33 bits per heavy atom. The van der Waals surface area contributed by atoms with E-state index in [2.05, 4.69) is 11.5 Å². The molecule has 1 amide bonds. The fourth-order valence-corrected chi connectivity index (χ4v) is 3.86. The van der Waals surface area contributed by atoms with Gasteiger partial charge in [0.1, 0.15) is 0 Å². The summed E-state index contributed by atoms with van der Waals surface area (Å²) in [4.78, 5) is 26.1. The molecule has 128 valence electrons. The van der Waals surface area contributed by atoms with Crippen molar-refractivity contribution in [1.82, 2.24) is 9.47 Å². The molecule has 1 aliphatic heterocycles. The van der Waals surface area contributed by atoms with E-state index in [0.29, 0.717) is 12.0 Å². The van der Waals surface area contributed by atoms with Crippen molar-refractivity contribution < 1.29 is 14.3 Å². The van der Waals surface area contributed by atoms with Gasteiger partial charge >= 0.3 is 5.97 Å². The Morgan fingerprint density at radius 3 is 2.71 bits per heavy atom. The van der Waals surface area contributed by atoms with Gasteiger partial charge < -0.3 is 14.2 Å². The summed E-state index contributed by atoms with van der Waals surface area (Å²) >= 11 is 0. The van der Waals surface area contributed by atoms with Crippen LogP contribution in [0.3, 0.4) is 0 Å².